The molecule has 1 aromatic rings. The maximum atomic E-state index is 4.10. The molecule has 100 valence electrons. The van der Waals surface area contributed by atoms with Crippen molar-refractivity contribution in [1.29, 1.82) is 0 Å². The summed E-state index contributed by atoms with van der Waals surface area (Å²) in [6.07, 6.45) is 1.12. The third kappa shape index (κ3) is 4.53. The molecule has 0 unspecified atom stereocenters. The van der Waals surface area contributed by atoms with Crippen LogP contribution >= 0.6 is 0 Å². The van der Waals surface area contributed by atoms with Crippen LogP contribution in [0.25, 0.3) is 5.70 Å². The lowest BCUT2D eigenvalue weighted by atomic mass is 10.1. The van der Waals surface area contributed by atoms with E-state index >= 15 is 0 Å². The van der Waals surface area contributed by atoms with Crippen LogP contribution in [0.3, 0.4) is 0 Å². The predicted octanol–water partition coefficient (Wildman–Crippen LogP) is 3.50. The van der Waals surface area contributed by atoms with E-state index in [4.69, 9.17) is 0 Å². The van der Waals surface area contributed by atoms with E-state index in [-0.39, 0.29) is 0 Å². The molecule has 0 saturated heterocycles. The van der Waals surface area contributed by atoms with Crippen LogP contribution in [0, 0.1) is 0 Å². The summed E-state index contributed by atoms with van der Waals surface area (Å²) in [4.78, 5) is 2.42. The molecule has 2 nitrogen and oxygen atoms in total. The van der Waals surface area contributed by atoms with Gasteiger partial charge in [-0.05, 0) is 36.7 Å². The van der Waals surface area contributed by atoms with Crippen molar-refractivity contribution in [3.63, 3.8) is 0 Å². The molecule has 1 rings (SSSR count). The van der Waals surface area contributed by atoms with Crippen molar-refractivity contribution in [2.45, 2.75) is 33.7 Å². The van der Waals surface area contributed by atoms with Crippen LogP contribution in [0.1, 0.15) is 38.3 Å². The summed E-state index contributed by atoms with van der Waals surface area (Å²) in [6.45, 7) is 14.9. The van der Waals surface area contributed by atoms with Gasteiger partial charge >= 0.3 is 0 Å². The number of hydrogen-bond donors (Lipinski definition) is 1. The molecule has 0 heterocycles. The average Bonchev–Trinajstić information content (AvgIpc) is 2.42. The van der Waals surface area contributed by atoms with E-state index in [2.05, 4.69) is 61.8 Å². The average molecular weight is 246 g/mol. The van der Waals surface area contributed by atoms with Crippen LogP contribution < -0.4 is 5.32 Å². The van der Waals surface area contributed by atoms with Gasteiger partial charge in [-0.1, -0.05) is 45.5 Å². The smallest absolute Gasteiger partial charge is 0.0340 e. The summed E-state index contributed by atoms with van der Waals surface area (Å²) in [6, 6.07) is 8.67. The Kier molecular flexibility index (Phi) is 6.51. The first-order chi connectivity index (χ1) is 8.71. The molecule has 0 aliphatic carbocycles. The Bertz CT molecular complexity index is 367. The molecule has 1 aromatic carbocycles. The highest BCUT2D eigenvalue weighted by Crippen LogP contribution is 2.13. The van der Waals surface area contributed by atoms with Crippen LogP contribution in [-0.4, -0.2) is 24.5 Å². The van der Waals surface area contributed by atoms with Crippen molar-refractivity contribution in [3.8, 4) is 0 Å². The molecular weight excluding hydrogens is 220 g/mol. The number of nitrogens with one attached hydrogen (secondary N) is 1. The normalized spacial score (nSPS) is 10.7. The maximum Gasteiger partial charge on any atom is 0.0340 e. The number of hydrogen-bond acceptors (Lipinski definition) is 2. The van der Waals surface area contributed by atoms with Crippen LogP contribution in [0.15, 0.2) is 30.8 Å². The predicted molar refractivity (Wildman–Crippen MR) is 80.4 cm³/mol. The molecule has 0 atom stereocenters. The Morgan fingerprint density at radius 1 is 1.22 bits per heavy atom. The number of nitrogens with zero attached hydrogens (tertiary/aromatic N) is 1. The first kappa shape index (κ1) is 14.8. The molecule has 0 spiro atoms. The van der Waals surface area contributed by atoms with Gasteiger partial charge in [-0.15, -0.1) is 0 Å². The monoisotopic (exact) mass is 246 g/mol. The summed E-state index contributed by atoms with van der Waals surface area (Å²) >= 11 is 0. The van der Waals surface area contributed by atoms with E-state index in [0.717, 1.165) is 38.3 Å². The van der Waals surface area contributed by atoms with Gasteiger partial charge in [0.05, 0.1) is 0 Å². The molecule has 2 heteroatoms. The fourth-order valence-electron chi connectivity index (χ4n) is 1.94. The zero-order chi connectivity index (χ0) is 13.4. The van der Waals surface area contributed by atoms with Crippen molar-refractivity contribution < 1.29 is 0 Å². The molecule has 0 saturated carbocycles. The third-order valence-corrected chi connectivity index (χ3v) is 3.16. The second-order valence-electron chi connectivity index (χ2n) is 4.57. The fourth-order valence-corrected chi connectivity index (χ4v) is 1.94. The molecule has 0 aliphatic rings. The Balaban J connectivity index is 2.69. The van der Waals surface area contributed by atoms with Crippen LogP contribution in [0.4, 0.5) is 0 Å². The highest BCUT2D eigenvalue weighted by Gasteiger charge is 2.03. The van der Waals surface area contributed by atoms with Gasteiger partial charge in [0.25, 0.3) is 0 Å². The van der Waals surface area contributed by atoms with E-state index in [0.29, 0.717) is 0 Å². The molecule has 1 N–H and O–H groups in total. The van der Waals surface area contributed by atoms with Crippen molar-refractivity contribution in [3.05, 3.63) is 42.0 Å². The Morgan fingerprint density at radius 2 is 1.94 bits per heavy atom. The van der Waals surface area contributed by atoms with E-state index in [9.17, 15) is 0 Å². The van der Waals surface area contributed by atoms with Gasteiger partial charge in [0.15, 0.2) is 0 Å². The summed E-state index contributed by atoms with van der Waals surface area (Å²) in [5, 5.41) is 3.35. The molecule has 0 fully saturated rings. The molecule has 0 aliphatic heterocycles. The highest BCUT2D eigenvalue weighted by atomic mass is 15.1. The SMILES string of the molecule is C=C(NCCC)c1cccc(CN(CC)CC)c1. The first-order valence-electron chi connectivity index (χ1n) is 6.95. The molecule has 0 radical (unpaired) electrons. The summed E-state index contributed by atoms with van der Waals surface area (Å²) < 4.78 is 0. The Hall–Kier alpha value is -1.28. The summed E-state index contributed by atoms with van der Waals surface area (Å²) in [5.41, 5.74) is 3.59. The lowest BCUT2D eigenvalue weighted by molar-refractivity contribution is 0.296. The van der Waals surface area contributed by atoms with Crippen molar-refractivity contribution >= 4 is 5.70 Å². The highest BCUT2D eigenvalue weighted by molar-refractivity contribution is 5.62. The minimum absolute atomic E-state index is 0.985. The van der Waals surface area contributed by atoms with Gasteiger partial charge < -0.3 is 5.32 Å². The van der Waals surface area contributed by atoms with Crippen LogP contribution in [-0.2, 0) is 6.54 Å². The lowest BCUT2D eigenvalue weighted by Crippen LogP contribution is -2.22. The fraction of sp³-hybridized carbons (Fsp3) is 0.500. The minimum Gasteiger partial charge on any atom is -0.385 e. The van der Waals surface area contributed by atoms with E-state index in [1.54, 1.807) is 0 Å². The minimum atomic E-state index is 0.985. The second-order valence-corrected chi connectivity index (χ2v) is 4.57. The van der Waals surface area contributed by atoms with Crippen LogP contribution in [0.5, 0.6) is 0 Å². The zero-order valence-corrected chi connectivity index (χ0v) is 12.0. The maximum absolute atomic E-state index is 4.10. The molecule has 0 aromatic heterocycles. The molecule has 18 heavy (non-hydrogen) atoms. The standard InChI is InChI=1S/C16H26N2/c1-5-11-17-14(4)16-10-8-9-15(12-16)13-18(6-2)7-3/h8-10,12,17H,4-7,11,13H2,1-3H3. The van der Waals surface area contributed by atoms with Crippen molar-refractivity contribution in [2.75, 3.05) is 19.6 Å². The van der Waals surface area contributed by atoms with E-state index < -0.39 is 0 Å². The third-order valence-electron chi connectivity index (χ3n) is 3.16. The quantitative estimate of drug-likeness (QED) is 0.755. The van der Waals surface area contributed by atoms with Gasteiger partial charge in [0.1, 0.15) is 0 Å². The zero-order valence-electron chi connectivity index (χ0n) is 12.0. The van der Waals surface area contributed by atoms with Gasteiger partial charge in [0.2, 0.25) is 0 Å². The van der Waals surface area contributed by atoms with Gasteiger partial charge in [0, 0.05) is 18.8 Å². The number of rotatable bonds is 8. The Labute approximate surface area is 112 Å². The Morgan fingerprint density at radius 3 is 2.56 bits per heavy atom. The van der Waals surface area contributed by atoms with Crippen molar-refractivity contribution in [1.82, 2.24) is 10.2 Å². The lowest BCUT2D eigenvalue weighted by Gasteiger charge is -2.18. The number of benzene rings is 1. The van der Waals surface area contributed by atoms with Crippen molar-refractivity contribution in [2.24, 2.45) is 0 Å². The second kappa shape index (κ2) is 7.93. The first-order valence-corrected chi connectivity index (χ1v) is 6.95. The van der Waals surface area contributed by atoms with E-state index in [1.165, 1.54) is 11.1 Å². The van der Waals surface area contributed by atoms with Gasteiger partial charge in [-0.3, -0.25) is 4.90 Å². The largest absolute Gasteiger partial charge is 0.385 e. The topological polar surface area (TPSA) is 15.3 Å². The molecule has 0 bridgehead atoms. The van der Waals surface area contributed by atoms with Gasteiger partial charge in [-0.2, -0.15) is 0 Å². The summed E-state index contributed by atoms with van der Waals surface area (Å²) in [5.74, 6) is 0. The molecular formula is C16H26N2. The molecule has 0 amide bonds. The van der Waals surface area contributed by atoms with Crippen LogP contribution in [0.2, 0.25) is 0 Å². The van der Waals surface area contributed by atoms with Gasteiger partial charge in [-0.25, -0.2) is 0 Å². The summed E-state index contributed by atoms with van der Waals surface area (Å²) in [7, 11) is 0. The van der Waals surface area contributed by atoms with E-state index in [1.807, 2.05) is 0 Å².